The third-order valence-corrected chi connectivity index (χ3v) is 8.40. The summed E-state index contributed by atoms with van der Waals surface area (Å²) in [5.74, 6) is -0.262. The highest BCUT2D eigenvalue weighted by molar-refractivity contribution is 6.31. The average molecular weight is 481 g/mol. The second-order valence-electron chi connectivity index (χ2n) is 10.3. The number of para-hydroxylation sites is 2. The SMILES string of the molecule is CC(=O)NC1CC2OC(C)(C1O)n1c3ccccc3c3c4c(c5c6ccccc6n2c5c31)C(=O)NC4. The molecule has 4 atom stereocenters. The third kappa shape index (κ3) is 2.18. The van der Waals surface area contributed by atoms with Gasteiger partial charge in [-0.3, -0.25) is 9.59 Å². The fraction of sp³-hybridized carbons (Fsp3) is 0.286. The number of aliphatic hydroxyl groups is 1. The lowest BCUT2D eigenvalue weighted by molar-refractivity contribution is -0.249. The molecule has 2 amide bonds. The number of carbonyl (C=O) groups is 2. The zero-order valence-electron chi connectivity index (χ0n) is 19.8. The second kappa shape index (κ2) is 6.46. The zero-order valence-corrected chi connectivity index (χ0v) is 19.8. The van der Waals surface area contributed by atoms with Gasteiger partial charge in [-0.15, -0.1) is 0 Å². The Kier molecular flexibility index (Phi) is 3.65. The molecule has 3 aliphatic rings. The Morgan fingerprint density at radius 2 is 1.78 bits per heavy atom. The number of hydrogen-bond acceptors (Lipinski definition) is 4. The van der Waals surface area contributed by atoms with Gasteiger partial charge in [0.2, 0.25) is 5.91 Å². The van der Waals surface area contributed by atoms with Gasteiger partial charge in [-0.25, -0.2) is 0 Å². The fourth-order valence-corrected chi connectivity index (χ4v) is 7.09. The Labute approximate surface area is 205 Å². The molecule has 5 aromatic rings. The first-order chi connectivity index (χ1) is 17.4. The van der Waals surface area contributed by atoms with Crippen LogP contribution >= 0.6 is 0 Å². The van der Waals surface area contributed by atoms with E-state index < -0.39 is 24.1 Å². The largest absolute Gasteiger partial charge is 0.386 e. The summed E-state index contributed by atoms with van der Waals surface area (Å²) in [4.78, 5) is 25.4. The van der Waals surface area contributed by atoms with Gasteiger partial charge in [-0.05, 0) is 24.6 Å². The number of rotatable bonds is 1. The van der Waals surface area contributed by atoms with E-state index in [1.54, 1.807) is 0 Å². The van der Waals surface area contributed by atoms with Crippen LogP contribution in [-0.4, -0.2) is 38.2 Å². The van der Waals surface area contributed by atoms with Gasteiger partial charge in [-0.2, -0.15) is 0 Å². The number of nitrogens with one attached hydrogen (secondary N) is 2. The van der Waals surface area contributed by atoms with Crippen LogP contribution in [0, 0.1) is 0 Å². The minimum absolute atomic E-state index is 0.0675. The van der Waals surface area contributed by atoms with Crippen LogP contribution in [-0.2, 0) is 21.8 Å². The molecule has 0 aliphatic carbocycles. The minimum Gasteiger partial charge on any atom is -0.386 e. The normalized spacial score (nSPS) is 26.6. The van der Waals surface area contributed by atoms with Crippen LogP contribution in [0.3, 0.4) is 0 Å². The van der Waals surface area contributed by atoms with E-state index in [0.717, 1.165) is 54.7 Å². The molecular formula is C28H24N4O4. The molecule has 2 bridgehead atoms. The lowest BCUT2D eigenvalue weighted by Gasteiger charge is -2.47. The zero-order chi connectivity index (χ0) is 24.5. The van der Waals surface area contributed by atoms with Crippen molar-refractivity contribution in [2.45, 2.75) is 50.9 Å². The van der Waals surface area contributed by atoms with Crippen LogP contribution in [0.2, 0.25) is 0 Å². The number of aliphatic hydroxyl groups excluding tert-OH is 1. The molecule has 180 valence electrons. The summed E-state index contributed by atoms with van der Waals surface area (Å²) in [6, 6.07) is 15.7. The lowest BCUT2D eigenvalue weighted by atomic mass is 9.93. The van der Waals surface area contributed by atoms with E-state index in [2.05, 4.69) is 38.0 Å². The fourth-order valence-electron chi connectivity index (χ4n) is 7.09. The molecular weight excluding hydrogens is 456 g/mol. The van der Waals surface area contributed by atoms with Crippen LogP contribution in [0.4, 0.5) is 0 Å². The van der Waals surface area contributed by atoms with Crippen molar-refractivity contribution in [2.24, 2.45) is 0 Å². The molecule has 8 rings (SSSR count). The third-order valence-electron chi connectivity index (χ3n) is 8.40. The van der Waals surface area contributed by atoms with Crippen LogP contribution < -0.4 is 10.6 Å². The Hall–Kier alpha value is -3.88. The van der Waals surface area contributed by atoms with Crippen molar-refractivity contribution in [3.63, 3.8) is 0 Å². The Bertz CT molecular complexity index is 1830. The molecule has 3 aromatic carbocycles. The van der Waals surface area contributed by atoms with E-state index in [9.17, 15) is 14.7 Å². The Morgan fingerprint density at radius 1 is 1.08 bits per heavy atom. The summed E-state index contributed by atoms with van der Waals surface area (Å²) in [6.07, 6.45) is -1.05. The number of benzene rings is 3. The van der Waals surface area contributed by atoms with E-state index in [4.69, 9.17) is 4.74 Å². The van der Waals surface area contributed by atoms with Crippen LogP contribution in [0.25, 0.3) is 43.6 Å². The summed E-state index contributed by atoms with van der Waals surface area (Å²) < 4.78 is 11.1. The highest BCUT2D eigenvalue weighted by Gasteiger charge is 2.52. The van der Waals surface area contributed by atoms with Crippen molar-refractivity contribution < 1.29 is 19.4 Å². The second-order valence-corrected chi connectivity index (χ2v) is 10.3. The maximum atomic E-state index is 13.3. The van der Waals surface area contributed by atoms with Gasteiger partial charge in [0.25, 0.3) is 5.91 Å². The highest BCUT2D eigenvalue weighted by atomic mass is 16.6. The molecule has 0 spiro atoms. The van der Waals surface area contributed by atoms with E-state index in [-0.39, 0.29) is 11.8 Å². The maximum Gasteiger partial charge on any atom is 0.252 e. The standard InChI is InChI=1S/C28H24N4O4/c1-13(33)30-17-11-20-31-18-9-5-3-7-14(18)22-23-16(12-29-27(23)35)21-15-8-4-6-10-19(15)32(25(21)24(22)31)28(2,36-20)26(17)34/h3-10,17,20,26,34H,11-12H2,1-2H3,(H,29,35)(H,30,33). The summed E-state index contributed by atoms with van der Waals surface area (Å²) in [6.45, 7) is 3.83. The lowest BCUT2D eigenvalue weighted by Crippen LogP contribution is -2.60. The number of carbonyl (C=O) groups excluding carboxylic acids is 2. The number of fused-ring (bicyclic) bond motifs is 13. The predicted octanol–water partition coefficient (Wildman–Crippen LogP) is 3.62. The number of amides is 2. The van der Waals surface area contributed by atoms with Crippen molar-refractivity contribution in [1.29, 1.82) is 0 Å². The molecule has 8 nitrogen and oxygen atoms in total. The van der Waals surface area contributed by atoms with E-state index in [0.29, 0.717) is 13.0 Å². The average Bonchev–Trinajstić information content (AvgIpc) is 3.49. The molecule has 0 saturated carbocycles. The van der Waals surface area contributed by atoms with Gasteiger partial charge in [0.05, 0.1) is 33.7 Å². The molecule has 5 heterocycles. The monoisotopic (exact) mass is 480 g/mol. The Morgan fingerprint density at radius 3 is 2.53 bits per heavy atom. The summed E-state index contributed by atoms with van der Waals surface area (Å²) >= 11 is 0. The summed E-state index contributed by atoms with van der Waals surface area (Å²) in [5, 5.41) is 21.7. The van der Waals surface area contributed by atoms with E-state index in [1.165, 1.54) is 6.92 Å². The van der Waals surface area contributed by atoms with Gasteiger partial charge in [-0.1, -0.05) is 36.4 Å². The van der Waals surface area contributed by atoms with Crippen molar-refractivity contribution in [3.05, 3.63) is 59.7 Å². The van der Waals surface area contributed by atoms with Crippen LogP contribution in [0.15, 0.2) is 48.5 Å². The van der Waals surface area contributed by atoms with Gasteiger partial charge >= 0.3 is 0 Å². The van der Waals surface area contributed by atoms with E-state index in [1.807, 2.05) is 37.3 Å². The molecule has 36 heavy (non-hydrogen) atoms. The van der Waals surface area contributed by atoms with Gasteiger partial charge in [0, 0.05) is 41.4 Å². The maximum absolute atomic E-state index is 13.3. The number of nitrogens with zero attached hydrogens (tertiary/aromatic N) is 2. The summed E-state index contributed by atoms with van der Waals surface area (Å²) in [5.41, 5.74) is 4.31. The number of ether oxygens (including phenoxy) is 1. The van der Waals surface area contributed by atoms with E-state index >= 15 is 0 Å². The minimum atomic E-state index is -1.16. The molecule has 3 N–H and O–H groups in total. The molecule has 2 aromatic heterocycles. The van der Waals surface area contributed by atoms with Gasteiger partial charge < -0.3 is 29.6 Å². The topological polar surface area (TPSA) is 97.5 Å². The number of aromatic nitrogens is 2. The predicted molar refractivity (Wildman–Crippen MR) is 136 cm³/mol. The smallest absolute Gasteiger partial charge is 0.252 e. The molecule has 1 saturated heterocycles. The van der Waals surface area contributed by atoms with Crippen molar-refractivity contribution >= 4 is 55.4 Å². The van der Waals surface area contributed by atoms with Crippen molar-refractivity contribution in [2.75, 3.05) is 0 Å². The molecule has 4 unspecified atom stereocenters. The van der Waals surface area contributed by atoms with Crippen molar-refractivity contribution in [3.8, 4) is 0 Å². The van der Waals surface area contributed by atoms with Crippen LogP contribution in [0.1, 0.15) is 42.4 Å². The molecule has 3 aliphatic heterocycles. The molecule has 0 radical (unpaired) electrons. The van der Waals surface area contributed by atoms with Gasteiger partial charge in [0.15, 0.2) is 5.72 Å². The summed E-state index contributed by atoms with van der Waals surface area (Å²) in [7, 11) is 0. The first kappa shape index (κ1) is 20.3. The first-order valence-electron chi connectivity index (χ1n) is 12.3. The quantitative estimate of drug-likeness (QED) is 0.341. The number of hydrogen-bond donors (Lipinski definition) is 3. The first-order valence-corrected chi connectivity index (χ1v) is 12.3. The molecule has 1 fully saturated rings. The molecule has 8 heteroatoms. The van der Waals surface area contributed by atoms with Gasteiger partial charge in [0.1, 0.15) is 12.3 Å². The van der Waals surface area contributed by atoms with Crippen molar-refractivity contribution in [1.82, 2.24) is 19.8 Å². The highest BCUT2D eigenvalue weighted by Crippen LogP contribution is 2.53. The van der Waals surface area contributed by atoms with Crippen LogP contribution in [0.5, 0.6) is 0 Å². The Balaban J connectivity index is 1.67.